The van der Waals surface area contributed by atoms with Gasteiger partial charge < -0.3 is 22.0 Å². The first kappa shape index (κ1) is 53.4. The molecule has 0 fully saturated rings. The number of pyridine rings is 2. The lowest BCUT2D eigenvalue weighted by molar-refractivity contribution is 0.0690. The normalized spacial score (nSPS) is 10.7. The van der Waals surface area contributed by atoms with Gasteiger partial charge in [-0.05, 0) is 81.9 Å². The smallest absolute Gasteiger partial charge is 0.354 e. The summed E-state index contributed by atoms with van der Waals surface area (Å²) in [6, 6.07) is 26.5. The maximum atomic E-state index is 15.4. The second-order valence-electron chi connectivity index (χ2n) is 13.3. The molecule has 4 aromatic carbocycles. The predicted molar refractivity (Wildman–Crippen MR) is 244 cm³/mol. The number of nitrogens with two attached hydrogens (primary N) is 1. The summed E-state index contributed by atoms with van der Waals surface area (Å²) < 4.78 is 82.5. The number of sulfone groups is 1. The molecule has 0 saturated carbocycles. The Balaban J connectivity index is 0.000000383. The van der Waals surface area contributed by atoms with Gasteiger partial charge in [0, 0.05) is 41.5 Å². The van der Waals surface area contributed by atoms with Crippen LogP contribution in [0.1, 0.15) is 50.7 Å². The van der Waals surface area contributed by atoms with E-state index in [1.54, 1.807) is 84.9 Å². The summed E-state index contributed by atoms with van der Waals surface area (Å²) in [6.07, 6.45) is 5.31. The minimum absolute atomic E-state index is 0. The number of ether oxygens (including phenoxy) is 2. The molecular weight excluding hydrogens is 900 g/mol. The lowest BCUT2D eigenvalue weighted by Crippen LogP contribution is -2.15. The van der Waals surface area contributed by atoms with Crippen molar-refractivity contribution in [1.29, 1.82) is 0 Å². The number of benzene rings is 4. The molecule has 0 saturated heterocycles. The number of aromatic carboxylic acids is 1. The van der Waals surface area contributed by atoms with E-state index in [-0.39, 0.29) is 39.1 Å². The van der Waals surface area contributed by atoms with Crippen LogP contribution in [0.25, 0.3) is 22.3 Å². The van der Waals surface area contributed by atoms with Crippen LogP contribution in [0.5, 0.6) is 11.5 Å². The van der Waals surface area contributed by atoms with Gasteiger partial charge in [-0.1, -0.05) is 79.2 Å². The fourth-order valence-electron chi connectivity index (χ4n) is 5.74. The Morgan fingerprint density at radius 2 is 1.08 bits per heavy atom. The number of carbonyl (C=O) groups excluding carboxylic acids is 1. The highest BCUT2D eigenvalue weighted by atomic mass is 35.5. The van der Waals surface area contributed by atoms with Crippen molar-refractivity contribution in [2.45, 2.75) is 20.3 Å². The highest BCUT2D eigenvalue weighted by Gasteiger charge is 2.19. The summed E-state index contributed by atoms with van der Waals surface area (Å²) in [7, 11) is -3.65. The van der Waals surface area contributed by atoms with E-state index in [1.165, 1.54) is 38.7 Å². The van der Waals surface area contributed by atoms with E-state index in [9.17, 15) is 26.4 Å². The van der Waals surface area contributed by atoms with Crippen LogP contribution in [0.3, 0.4) is 0 Å². The van der Waals surface area contributed by atoms with Crippen LogP contribution in [-0.2, 0) is 32.7 Å². The molecule has 0 unspecified atom stereocenters. The third-order valence-corrected chi connectivity index (χ3v) is 9.63. The van der Waals surface area contributed by atoms with Crippen molar-refractivity contribution < 1.29 is 49.8 Å². The highest BCUT2D eigenvalue weighted by Crippen LogP contribution is 2.37. The Hall–Kier alpha value is -5.78. The predicted octanol–water partition coefficient (Wildman–Crippen LogP) is 9.20. The highest BCUT2D eigenvalue weighted by molar-refractivity contribution is 7.91. The zero-order chi connectivity index (χ0) is 45.1. The lowest BCUT2D eigenvalue weighted by atomic mass is 9.97. The van der Waals surface area contributed by atoms with Gasteiger partial charge in [-0.15, -0.1) is 0 Å². The molecule has 336 valence electrons. The Kier molecular flexibility index (Phi) is 20.0. The molecule has 3 N–H and O–H groups in total. The van der Waals surface area contributed by atoms with Gasteiger partial charge in [0.2, 0.25) is 10.0 Å². The van der Waals surface area contributed by atoms with Crippen LogP contribution >= 0.6 is 23.2 Å². The van der Waals surface area contributed by atoms with Crippen LogP contribution in [0.15, 0.2) is 109 Å². The Morgan fingerprint density at radius 1 is 0.683 bits per heavy atom. The SMILES string of the molecule is C.COc1ccc(Cc2ccc(C(=O)CS(C)(=O)=O)nc2)c(F)c1-c1cccc(Cl)c1.COc1ccc(Cc2ccc(C(=O)O)nc2)c(F)c1-c1cccc(Cl)c1.CS(N)(=O)=O.[CH3-]. The quantitative estimate of drug-likeness (QED) is 0.0878. The molecular formula is C45H46Cl2F2N3O9S2-. The number of carboxylic acids is 1. The van der Waals surface area contributed by atoms with Gasteiger partial charge in [-0.25, -0.2) is 40.5 Å². The summed E-state index contributed by atoms with van der Waals surface area (Å²) in [5.74, 6) is -2.33. The monoisotopic (exact) mass is 944 g/mol. The summed E-state index contributed by atoms with van der Waals surface area (Å²) >= 11 is 12.1. The number of primary sulfonamides is 1. The molecule has 2 aromatic heterocycles. The van der Waals surface area contributed by atoms with E-state index >= 15 is 8.78 Å². The molecule has 0 aliphatic rings. The van der Waals surface area contributed by atoms with Crippen LogP contribution in [0, 0.1) is 19.1 Å². The molecule has 0 amide bonds. The number of rotatable bonds is 12. The average Bonchev–Trinajstić information content (AvgIpc) is 3.18. The molecule has 63 heavy (non-hydrogen) atoms. The second-order valence-corrected chi connectivity index (χ2v) is 18.0. The van der Waals surface area contributed by atoms with Crippen LogP contribution in [0.2, 0.25) is 10.0 Å². The summed E-state index contributed by atoms with van der Waals surface area (Å²) in [6.45, 7) is 0. The molecule has 2 heterocycles. The van der Waals surface area contributed by atoms with Crippen molar-refractivity contribution in [1.82, 2.24) is 9.97 Å². The molecule has 0 atom stereocenters. The number of hydrogen-bond donors (Lipinski definition) is 2. The number of carbonyl (C=O) groups is 2. The molecule has 0 radical (unpaired) electrons. The first-order valence-corrected chi connectivity index (χ1v) is 22.5. The minimum atomic E-state index is -3.44. The largest absolute Gasteiger partial charge is 0.496 e. The van der Waals surface area contributed by atoms with Gasteiger partial charge in [-0.2, -0.15) is 0 Å². The molecule has 6 rings (SSSR count). The average molecular weight is 946 g/mol. The first-order valence-electron chi connectivity index (χ1n) is 17.7. The third-order valence-electron chi connectivity index (χ3n) is 8.37. The van der Waals surface area contributed by atoms with E-state index in [2.05, 4.69) is 15.1 Å². The van der Waals surface area contributed by atoms with Crippen LogP contribution in [-0.4, -0.2) is 76.1 Å². The fraction of sp³-hybridized carbons (Fsp3) is 0.178. The van der Waals surface area contributed by atoms with Crippen molar-refractivity contribution in [2.24, 2.45) is 5.14 Å². The Morgan fingerprint density at radius 3 is 1.40 bits per heavy atom. The van der Waals surface area contributed by atoms with E-state index in [0.717, 1.165) is 12.5 Å². The van der Waals surface area contributed by atoms with Crippen molar-refractivity contribution >= 4 is 54.8 Å². The number of Topliss-reactive ketones (excluding diaryl/α,β-unsaturated/α-hetero) is 1. The molecule has 0 aliphatic heterocycles. The number of carboxylic acid groups (broad SMARTS) is 1. The number of halogens is 4. The van der Waals surface area contributed by atoms with E-state index in [4.69, 9.17) is 37.8 Å². The molecule has 6 aromatic rings. The van der Waals surface area contributed by atoms with E-state index < -0.39 is 49.0 Å². The number of ketones is 1. The first-order chi connectivity index (χ1) is 28.7. The maximum absolute atomic E-state index is 15.4. The second kappa shape index (κ2) is 23.6. The summed E-state index contributed by atoms with van der Waals surface area (Å²) in [5.41, 5.74) is 4.11. The fourth-order valence-corrected chi connectivity index (χ4v) is 6.75. The Bertz CT molecular complexity index is 2750. The standard InChI is InChI=1S/C22H19ClFNO4S.C20H15ClFNO3.CH5NO2S.CH4.CH3/c1-29-20-9-7-16(22(24)21(20)15-4-3-5-17(23)11-15)10-14-6-8-18(25-12-14)19(26)13-30(2,27)28;1-26-17-8-6-14(9-12-5-7-16(20(24)25)23-11-12)19(22)18(17)13-3-2-4-15(21)10-13;1-5(2,3)4;;/h3-9,11-12H,10,13H2,1-2H3;2-8,10-11H,9H2,1H3,(H,24,25);1H3,(H2,2,3,4);1H4;1H3/q;;;;-1. The van der Waals surface area contributed by atoms with Gasteiger partial charge in [0.1, 0.15) is 40.3 Å². The van der Waals surface area contributed by atoms with Crippen molar-refractivity contribution in [3.63, 3.8) is 0 Å². The molecule has 0 aliphatic carbocycles. The lowest BCUT2D eigenvalue weighted by Gasteiger charge is -2.14. The van der Waals surface area contributed by atoms with E-state index in [1.807, 2.05) is 0 Å². The molecule has 0 bridgehead atoms. The van der Waals surface area contributed by atoms with Crippen LogP contribution in [0.4, 0.5) is 8.78 Å². The van der Waals surface area contributed by atoms with Crippen LogP contribution < -0.4 is 14.6 Å². The van der Waals surface area contributed by atoms with E-state index in [0.29, 0.717) is 66.1 Å². The molecule has 18 heteroatoms. The number of nitrogens with zero attached hydrogens (tertiary/aromatic N) is 2. The number of sulfonamides is 1. The zero-order valence-electron chi connectivity index (χ0n) is 34.0. The van der Waals surface area contributed by atoms with Gasteiger partial charge in [0.25, 0.3) is 0 Å². The Labute approximate surface area is 376 Å². The summed E-state index contributed by atoms with van der Waals surface area (Å²) in [4.78, 5) is 30.7. The van der Waals surface area contributed by atoms with Crippen molar-refractivity contribution in [3.05, 3.63) is 172 Å². The van der Waals surface area contributed by atoms with Gasteiger partial charge in [0.15, 0.2) is 15.6 Å². The van der Waals surface area contributed by atoms with Gasteiger partial charge >= 0.3 is 5.97 Å². The zero-order valence-corrected chi connectivity index (χ0v) is 37.2. The molecule has 12 nitrogen and oxygen atoms in total. The molecule has 0 spiro atoms. The topological polar surface area (TPSA) is 193 Å². The third kappa shape index (κ3) is 16.1. The number of methoxy groups -OCH3 is 2. The van der Waals surface area contributed by atoms with Crippen molar-refractivity contribution in [2.75, 3.05) is 32.5 Å². The number of aromatic nitrogens is 2. The van der Waals surface area contributed by atoms with Gasteiger partial charge in [-0.3, -0.25) is 9.78 Å². The van der Waals surface area contributed by atoms with Crippen molar-refractivity contribution in [3.8, 4) is 33.8 Å². The van der Waals surface area contributed by atoms with Gasteiger partial charge in [0.05, 0.1) is 31.6 Å². The minimum Gasteiger partial charge on any atom is -0.496 e. The number of hydrogen-bond acceptors (Lipinski definition) is 10. The summed E-state index contributed by atoms with van der Waals surface area (Å²) in [5, 5.41) is 14.2. The maximum Gasteiger partial charge on any atom is 0.354 e.